The van der Waals surface area contributed by atoms with Crippen LogP contribution in [0.2, 0.25) is 0 Å². The Morgan fingerprint density at radius 3 is 2.61 bits per heavy atom. The first-order valence-corrected chi connectivity index (χ1v) is 13.4. The number of ether oxygens (including phenoxy) is 2. The lowest BCUT2D eigenvalue weighted by Gasteiger charge is -2.50. The van der Waals surface area contributed by atoms with E-state index >= 15 is 0 Å². The Morgan fingerprint density at radius 2 is 1.89 bits per heavy atom. The maximum absolute atomic E-state index is 13.2. The highest BCUT2D eigenvalue weighted by molar-refractivity contribution is 5.87. The highest BCUT2D eigenvalue weighted by Crippen LogP contribution is 2.62. The molecule has 2 aromatic rings. The Bertz CT molecular complexity index is 1190. The lowest BCUT2D eigenvalue weighted by Crippen LogP contribution is -2.44. The van der Waals surface area contributed by atoms with Crippen molar-refractivity contribution in [2.45, 2.75) is 64.0 Å². The molecule has 1 N–H and O–H groups in total. The Hall–Kier alpha value is -3.03. The number of halogens is 3. The van der Waals surface area contributed by atoms with Crippen LogP contribution >= 0.6 is 0 Å². The van der Waals surface area contributed by atoms with Gasteiger partial charge in [-0.3, -0.25) is 10.1 Å². The van der Waals surface area contributed by atoms with Crippen molar-refractivity contribution in [2.75, 3.05) is 19.0 Å². The summed E-state index contributed by atoms with van der Waals surface area (Å²) >= 11 is 0. The van der Waals surface area contributed by atoms with Crippen LogP contribution in [-0.4, -0.2) is 25.6 Å². The lowest BCUT2D eigenvalue weighted by molar-refractivity contribution is -0.137. The summed E-state index contributed by atoms with van der Waals surface area (Å²) in [5, 5.41) is 2.47. The molecule has 0 bridgehead atoms. The van der Waals surface area contributed by atoms with Crippen molar-refractivity contribution < 1.29 is 32.2 Å². The fourth-order valence-electron chi connectivity index (χ4n) is 7.42. The maximum atomic E-state index is 13.2. The number of amides is 1. The number of anilines is 1. The van der Waals surface area contributed by atoms with Crippen molar-refractivity contribution >= 4 is 17.6 Å². The van der Waals surface area contributed by atoms with Gasteiger partial charge in [0, 0.05) is 17.5 Å². The van der Waals surface area contributed by atoms with Gasteiger partial charge in [0.25, 0.3) is 0 Å². The molecule has 3 aliphatic rings. The van der Waals surface area contributed by atoms with E-state index in [1.807, 2.05) is 6.07 Å². The van der Waals surface area contributed by atoms with Gasteiger partial charge in [-0.1, -0.05) is 13.0 Å². The van der Waals surface area contributed by atoms with Crippen LogP contribution in [0.4, 0.5) is 23.7 Å². The second-order valence-electron chi connectivity index (χ2n) is 11.2. The van der Waals surface area contributed by atoms with Gasteiger partial charge >= 0.3 is 12.3 Å². The van der Waals surface area contributed by atoms with Crippen LogP contribution in [0.25, 0.3) is 0 Å². The molecule has 38 heavy (non-hydrogen) atoms. The van der Waals surface area contributed by atoms with E-state index < -0.39 is 17.8 Å². The van der Waals surface area contributed by atoms with Crippen LogP contribution in [0.1, 0.15) is 68.1 Å². The highest BCUT2D eigenvalue weighted by Gasteiger charge is 2.58. The maximum Gasteiger partial charge on any atom is 0.416 e. The second-order valence-corrected chi connectivity index (χ2v) is 11.2. The van der Waals surface area contributed by atoms with Crippen LogP contribution in [0, 0.1) is 23.2 Å². The van der Waals surface area contributed by atoms with E-state index in [1.165, 1.54) is 23.3 Å². The van der Waals surface area contributed by atoms with Gasteiger partial charge in [0.15, 0.2) is 0 Å². The molecule has 0 radical (unpaired) electrons. The standard InChI is InChI=1S/C30H34F3NO4/c1-29-14-13-24-23-12-10-22(37-2)16-18(23)5-11-25(24)27(29)19(17-26(29)35)4-3-15-38-28(36)34-21-8-6-20(7-9-21)30(31,32)33/h6-10,12,16,19,24-25,27H,3-5,11,13-15,17H2,1-2H3,(H,34,36)/t19-,24-,25-,27+,29-/m1/s1. The molecule has 0 saturated heterocycles. The average Bonchev–Trinajstić information content (AvgIpc) is 3.15. The molecule has 3 aliphatic carbocycles. The van der Waals surface area contributed by atoms with Crippen molar-refractivity contribution in [3.05, 3.63) is 59.2 Å². The summed E-state index contributed by atoms with van der Waals surface area (Å²) in [6.45, 7) is 2.35. The van der Waals surface area contributed by atoms with E-state index in [-0.39, 0.29) is 23.6 Å². The quantitative estimate of drug-likeness (QED) is 0.396. The number of carbonyl (C=O) groups is 2. The molecule has 0 unspecified atom stereocenters. The van der Waals surface area contributed by atoms with E-state index in [0.717, 1.165) is 50.0 Å². The van der Waals surface area contributed by atoms with E-state index in [2.05, 4.69) is 24.4 Å². The van der Waals surface area contributed by atoms with Gasteiger partial charge in [0.05, 0.1) is 19.3 Å². The van der Waals surface area contributed by atoms with Gasteiger partial charge in [0.1, 0.15) is 11.5 Å². The first kappa shape index (κ1) is 26.6. The van der Waals surface area contributed by atoms with Crippen molar-refractivity contribution in [3.63, 3.8) is 0 Å². The van der Waals surface area contributed by atoms with Crippen molar-refractivity contribution in [3.8, 4) is 5.75 Å². The summed E-state index contributed by atoms with van der Waals surface area (Å²) < 4.78 is 48.9. The minimum atomic E-state index is -4.43. The third-order valence-electron chi connectivity index (χ3n) is 9.19. The number of ketones is 1. The number of Topliss-reactive ketones (excluding diaryl/α,β-unsaturated/α-hetero) is 1. The molecular weight excluding hydrogens is 495 g/mol. The summed E-state index contributed by atoms with van der Waals surface area (Å²) in [4.78, 5) is 25.3. The van der Waals surface area contributed by atoms with Crippen molar-refractivity contribution in [2.24, 2.45) is 23.2 Å². The molecule has 5 atom stereocenters. The SMILES string of the molecule is COc1ccc2c(c1)CC[C@H]1[C@@H]3[C@H](CCCOC(=O)Nc4ccc(C(F)(F)F)cc4)CC(=O)[C@@]3(C)CC[C@H]21. The van der Waals surface area contributed by atoms with Crippen LogP contribution < -0.4 is 10.1 Å². The largest absolute Gasteiger partial charge is 0.497 e. The molecule has 2 saturated carbocycles. The second kappa shape index (κ2) is 10.3. The van der Waals surface area contributed by atoms with E-state index in [1.54, 1.807) is 7.11 Å². The molecule has 0 heterocycles. The number of rotatable bonds is 6. The zero-order chi connectivity index (χ0) is 27.1. The summed E-state index contributed by atoms with van der Waals surface area (Å²) in [5.74, 6) is 2.77. The number of fused-ring (bicyclic) bond motifs is 5. The minimum absolute atomic E-state index is 0.192. The van der Waals surface area contributed by atoms with Gasteiger partial charge in [-0.2, -0.15) is 13.2 Å². The number of hydrogen-bond acceptors (Lipinski definition) is 4. The monoisotopic (exact) mass is 529 g/mol. The number of benzene rings is 2. The molecule has 2 aromatic carbocycles. The van der Waals surface area contributed by atoms with E-state index in [9.17, 15) is 22.8 Å². The van der Waals surface area contributed by atoms with Crippen LogP contribution in [0.5, 0.6) is 5.75 Å². The fourth-order valence-corrected chi connectivity index (χ4v) is 7.42. The normalized spacial score (nSPS) is 28.2. The predicted molar refractivity (Wildman–Crippen MR) is 137 cm³/mol. The number of alkyl halides is 3. The van der Waals surface area contributed by atoms with Gasteiger partial charge in [0.2, 0.25) is 0 Å². The Kier molecular flexibility index (Phi) is 7.18. The number of nitrogens with one attached hydrogen (secondary N) is 1. The van der Waals surface area contributed by atoms with Crippen LogP contribution in [0.15, 0.2) is 42.5 Å². The minimum Gasteiger partial charge on any atom is -0.497 e. The third-order valence-corrected chi connectivity index (χ3v) is 9.19. The first-order chi connectivity index (χ1) is 18.1. The smallest absolute Gasteiger partial charge is 0.416 e. The van der Waals surface area contributed by atoms with Gasteiger partial charge in [-0.15, -0.1) is 0 Å². The topological polar surface area (TPSA) is 64.6 Å². The molecule has 0 aromatic heterocycles. The van der Waals surface area contributed by atoms with Crippen LogP contribution in [0.3, 0.4) is 0 Å². The van der Waals surface area contributed by atoms with Crippen LogP contribution in [-0.2, 0) is 22.1 Å². The summed E-state index contributed by atoms with van der Waals surface area (Å²) in [6.07, 6.45) is 0.897. The molecule has 5 nitrogen and oxygen atoms in total. The molecule has 0 aliphatic heterocycles. The number of methoxy groups -OCH3 is 1. The van der Waals surface area contributed by atoms with Crippen molar-refractivity contribution in [1.82, 2.24) is 0 Å². The zero-order valence-corrected chi connectivity index (χ0v) is 21.8. The zero-order valence-electron chi connectivity index (χ0n) is 21.8. The van der Waals surface area contributed by atoms with E-state index in [4.69, 9.17) is 9.47 Å². The highest BCUT2D eigenvalue weighted by atomic mass is 19.4. The molecular formula is C30H34F3NO4. The predicted octanol–water partition coefficient (Wildman–Crippen LogP) is 7.39. The molecule has 0 spiro atoms. The Labute approximate surface area is 221 Å². The summed E-state index contributed by atoms with van der Waals surface area (Å²) in [6, 6.07) is 10.6. The average molecular weight is 530 g/mol. The third kappa shape index (κ3) is 5.02. The summed E-state index contributed by atoms with van der Waals surface area (Å²) in [7, 11) is 1.69. The van der Waals surface area contributed by atoms with Gasteiger partial charge in [-0.05, 0) is 110 Å². The van der Waals surface area contributed by atoms with Crippen molar-refractivity contribution in [1.29, 1.82) is 0 Å². The number of carbonyl (C=O) groups excluding carboxylic acids is 2. The molecule has 204 valence electrons. The van der Waals surface area contributed by atoms with Gasteiger partial charge < -0.3 is 9.47 Å². The number of aryl methyl sites for hydroxylation is 1. The molecule has 8 heteroatoms. The summed E-state index contributed by atoms with van der Waals surface area (Å²) in [5.41, 5.74) is 1.95. The Balaban J connectivity index is 1.18. The Morgan fingerprint density at radius 1 is 1.13 bits per heavy atom. The number of hydrogen-bond donors (Lipinski definition) is 1. The van der Waals surface area contributed by atoms with E-state index in [0.29, 0.717) is 36.4 Å². The fraction of sp³-hybridized carbons (Fsp3) is 0.533. The molecule has 1 amide bonds. The molecule has 5 rings (SSSR count). The molecule has 2 fully saturated rings. The lowest BCUT2D eigenvalue weighted by atomic mass is 9.54. The van der Waals surface area contributed by atoms with Gasteiger partial charge in [-0.25, -0.2) is 4.79 Å². The first-order valence-electron chi connectivity index (χ1n) is 13.4.